The fourth-order valence-electron chi connectivity index (χ4n) is 7.67. The van der Waals surface area contributed by atoms with Crippen molar-refractivity contribution in [2.45, 2.75) is 72.2 Å². The van der Waals surface area contributed by atoms with Crippen molar-refractivity contribution >= 4 is 41.1 Å². The molecule has 0 radical (unpaired) electrons. The molecule has 2 aliphatic carbocycles. The van der Waals surface area contributed by atoms with Crippen LogP contribution in [0.25, 0.3) is 12.2 Å². The van der Waals surface area contributed by atoms with E-state index < -0.39 is 154 Å². The zero-order valence-electron chi connectivity index (χ0n) is 33.3. The van der Waals surface area contributed by atoms with Gasteiger partial charge in [-0.15, -0.1) is 0 Å². The van der Waals surface area contributed by atoms with Gasteiger partial charge in [0.1, 0.15) is 101 Å². The van der Waals surface area contributed by atoms with Crippen molar-refractivity contribution in [1.82, 2.24) is 0 Å². The number of aliphatic hydroxyl groups is 13. The standard InChI is InChI=1S/C43H42O22/c44-14-24-30(52)32(54)34(56)40(64-24)42(62)36(58)20(28(50)26(38(42)60)22(48)11-5-16-1-7-18(46)8-2-16)13-21-29(51)27(23(49)12-6-17-3-9-19(47)10-4-17)39(61)43(63,37(21)59)41-35(57)33(55)31(53)25(15-45)65-41/h1-13,24-25,30-35,40-41,44-48,50-57,62-63H,14-15H2/b11-5+,12-6+,21-13-,26-22-/t24-,25-,30-,31-,32+,33+,34-,35-,40?,41?,42?,43?/m1/s1. The highest BCUT2D eigenvalue weighted by atomic mass is 16.6. The first-order valence-electron chi connectivity index (χ1n) is 19.3. The lowest BCUT2D eigenvalue weighted by Crippen LogP contribution is -2.71. The van der Waals surface area contributed by atoms with Gasteiger partial charge in [-0.2, -0.15) is 0 Å². The minimum atomic E-state index is -3.96. The van der Waals surface area contributed by atoms with Crippen LogP contribution in [0.5, 0.6) is 11.5 Å². The molecule has 22 heteroatoms. The molecule has 6 rings (SSSR count). The lowest BCUT2D eigenvalue weighted by Gasteiger charge is -2.47. The highest BCUT2D eigenvalue weighted by molar-refractivity contribution is 6.38. The minimum absolute atomic E-state index is 0.103. The Bertz CT molecular complexity index is 2460. The number of rotatable bonds is 10. The van der Waals surface area contributed by atoms with Crippen LogP contribution in [-0.4, -0.2) is 191 Å². The van der Waals surface area contributed by atoms with Crippen LogP contribution in [0.15, 0.2) is 106 Å². The van der Waals surface area contributed by atoms with E-state index in [9.17, 15) is 101 Å². The molecule has 15 N–H and O–H groups in total. The second-order valence-electron chi connectivity index (χ2n) is 15.4. The van der Waals surface area contributed by atoms with Crippen LogP contribution in [0.1, 0.15) is 11.1 Å². The molecule has 0 aromatic heterocycles. The highest BCUT2D eigenvalue weighted by Crippen LogP contribution is 2.43. The lowest BCUT2D eigenvalue weighted by molar-refractivity contribution is -0.260. The molecule has 22 nitrogen and oxygen atoms in total. The number of hydrogen-bond donors (Lipinski definition) is 15. The first kappa shape index (κ1) is 48.2. The summed E-state index contributed by atoms with van der Waals surface area (Å²) < 4.78 is 10.7. The average molecular weight is 911 g/mol. The van der Waals surface area contributed by atoms with Crippen molar-refractivity contribution in [2.24, 2.45) is 0 Å². The monoisotopic (exact) mass is 910 g/mol. The van der Waals surface area contributed by atoms with Gasteiger partial charge < -0.3 is 86.1 Å². The molecule has 2 aromatic rings. The van der Waals surface area contributed by atoms with E-state index in [0.717, 1.165) is 18.2 Å². The van der Waals surface area contributed by atoms with E-state index in [1.165, 1.54) is 48.5 Å². The Hall–Kier alpha value is -6.25. The number of carbonyl (C=O) groups excluding carboxylic acids is 5. The SMILES string of the molecule is O=C(/C=C/c1ccc(O)cc1)C1=C(O)/C(=C/C2=C(O)C(=C(O)\C=C\c3ccc(O)cc3)/C(=O)C(O)(C3O[C@H](CO)[C@@H](O)[C@H](O)[C@H]3O)C2=O)C(=O)C(O)(C2O[C@H](CO)[C@@H](O)[C@H](O)[C@H]2O)C1=O. The van der Waals surface area contributed by atoms with E-state index in [4.69, 9.17) is 9.47 Å². The summed E-state index contributed by atoms with van der Waals surface area (Å²) in [5.74, 6) is -14.7. The van der Waals surface area contributed by atoms with Gasteiger partial charge in [0.25, 0.3) is 0 Å². The fraction of sp³-hybridized carbons (Fsp3) is 0.326. The summed E-state index contributed by atoms with van der Waals surface area (Å²) in [5, 5.41) is 162. The van der Waals surface area contributed by atoms with Crippen LogP contribution >= 0.6 is 0 Å². The number of phenolic OH excluding ortho intramolecular Hbond substituents is 2. The normalized spacial score (nSPS) is 35.2. The van der Waals surface area contributed by atoms with E-state index in [0.29, 0.717) is 6.08 Å². The number of hydrogen-bond acceptors (Lipinski definition) is 22. The van der Waals surface area contributed by atoms with E-state index in [-0.39, 0.29) is 28.7 Å². The summed E-state index contributed by atoms with van der Waals surface area (Å²) in [4.78, 5) is 71.4. The average Bonchev–Trinajstić information content (AvgIpc) is 3.28. The van der Waals surface area contributed by atoms with Crippen LogP contribution in [-0.2, 0) is 33.4 Å². The number of Topliss-reactive ketones (excluding diaryl/α,β-unsaturated/α-hetero) is 4. The van der Waals surface area contributed by atoms with E-state index in [1.807, 2.05) is 0 Å². The van der Waals surface area contributed by atoms with Gasteiger partial charge in [0.05, 0.1) is 24.4 Å². The van der Waals surface area contributed by atoms with Crippen molar-refractivity contribution in [3.63, 3.8) is 0 Å². The van der Waals surface area contributed by atoms with Crippen LogP contribution in [0.3, 0.4) is 0 Å². The molecule has 12 atom stereocenters. The molecule has 2 heterocycles. The molecule has 2 aromatic carbocycles. The molecule has 346 valence electrons. The molecule has 0 spiro atoms. The zero-order chi connectivity index (χ0) is 48.0. The Balaban J connectivity index is 1.62. The number of benzene rings is 2. The largest absolute Gasteiger partial charge is 0.508 e. The number of ketones is 5. The molecule has 4 aliphatic rings. The number of allylic oxidation sites excluding steroid dienone is 5. The zero-order valence-corrected chi connectivity index (χ0v) is 33.3. The van der Waals surface area contributed by atoms with Crippen molar-refractivity contribution in [3.8, 4) is 11.5 Å². The van der Waals surface area contributed by atoms with Gasteiger partial charge in [-0.3, -0.25) is 24.0 Å². The minimum Gasteiger partial charge on any atom is -0.508 e. The fourth-order valence-corrected chi connectivity index (χ4v) is 7.67. The number of aliphatic hydroxyl groups excluding tert-OH is 11. The number of carbonyl (C=O) groups is 5. The van der Waals surface area contributed by atoms with Gasteiger partial charge in [0, 0.05) is 0 Å². The highest BCUT2D eigenvalue weighted by Gasteiger charge is 2.66. The number of phenols is 2. The molecule has 2 fully saturated rings. The van der Waals surface area contributed by atoms with Crippen LogP contribution < -0.4 is 0 Å². The first-order valence-corrected chi connectivity index (χ1v) is 19.3. The maximum absolute atomic E-state index is 14.5. The molecular weight excluding hydrogens is 868 g/mol. The van der Waals surface area contributed by atoms with Crippen molar-refractivity contribution in [1.29, 1.82) is 0 Å². The maximum Gasteiger partial charge on any atom is 0.220 e. The predicted molar refractivity (Wildman–Crippen MR) is 214 cm³/mol. The summed E-state index contributed by atoms with van der Waals surface area (Å²) in [6.07, 6.45) is -19.9. The van der Waals surface area contributed by atoms with E-state index in [2.05, 4.69) is 0 Å². The molecule has 2 saturated heterocycles. The van der Waals surface area contributed by atoms with Crippen LogP contribution in [0.4, 0.5) is 0 Å². The third kappa shape index (κ3) is 8.22. The van der Waals surface area contributed by atoms with Gasteiger partial charge >= 0.3 is 0 Å². The topological polar surface area (TPSA) is 407 Å². The lowest BCUT2D eigenvalue weighted by atomic mass is 9.68. The molecule has 2 aliphatic heterocycles. The van der Waals surface area contributed by atoms with E-state index >= 15 is 0 Å². The summed E-state index contributed by atoms with van der Waals surface area (Å²) in [5.41, 5.74) is -13.4. The van der Waals surface area contributed by atoms with Crippen LogP contribution in [0.2, 0.25) is 0 Å². The molecule has 0 amide bonds. The summed E-state index contributed by atoms with van der Waals surface area (Å²) in [6.45, 7) is -2.35. The molecular formula is C43H42O22. The number of aromatic hydroxyl groups is 2. The van der Waals surface area contributed by atoms with Crippen LogP contribution in [0, 0.1) is 0 Å². The Morgan fingerprint density at radius 3 is 1.45 bits per heavy atom. The van der Waals surface area contributed by atoms with Gasteiger partial charge in [0.2, 0.25) is 34.3 Å². The van der Waals surface area contributed by atoms with Crippen molar-refractivity contribution in [2.75, 3.05) is 13.2 Å². The summed E-state index contributed by atoms with van der Waals surface area (Å²) in [7, 11) is 0. The molecule has 0 saturated carbocycles. The van der Waals surface area contributed by atoms with Crippen molar-refractivity contribution in [3.05, 3.63) is 117 Å². The Labute approximate surface area is 365 Å². The third-order valence-electron chi connectivity index (χ3n) is 11.4. The van der Waals surface area contributed by atoms with Gasteiger partial charge in [-0.05, 0) is 53.6 Å². The van der Waals surface area contributed by atoms with Gasteiger partial charge in [0.15, 0.2) is 5.78 Å². The predicted octanol–water partition coefficient (Wildman–Crippen LogP) is -3.79. The summed E-state index contributed by atoms with van der Waals surface area (Å²) >= 11 is 0. The first-order chi connectivity index (χ1) is 30.5. The summed E-state index contributed by atoms with van der Waals surface area (Å²) in [6, 6.07) is 10.0. The molecule has 0 bridgehead atoms. The van der Waals surface area contributed by atoms with Gasteiger partial charge in [-0.1, -0.05) is 36.4 Å². The Morgan fingerprint density at radius 2 is 1.00 bits per heavy atom. The maximum atomic E-state index is 14.5. The quantitative estimate of drug-likeness (QED) is 0.0470. The Kier molecular flexibility index (Phi) is 13.6. The van der Waals surface area contributed by atoms with E-state index in [1.54, 1.807) is 0 Å². The smallest absolute Gasteiger partial charge is 0.220 e. The third-order valence-corrected chi connectivity index (χ3v) is 11.4. The van der Waals surface area contributed by atoms with Crippen molar-refractivity contribution < 1.29 is 110 Å². The molecule has 65 heavy (non-hydrogen) atoms. The molecule has 4 unspecified atom stereocenters. The Morgan fingerprint density at radius 1 is 0.569 bits per heavy atom. The second kappa shape index (κ2) is 18.3. The number of ether oxygens (including phenoxy) is 2. The second-order valence-corrected chi connectivity index (χ2v) is 15.4. The van der Waals surface area contributed by atoms with Gasteiger partial charge in [-0.25, -0.2) is 0 Å².